The first-order chi connectivity index (χ1) is 12.0. The Morgan fingerprint density at radius 3 is 2.32 bits per heavy atom. The molecule has 1 heterocycles. The Hall–Kier alpha value is -2.86. The van der Waals surface area contributed by atoms with Gasteiger partial charge in [0.05, 0.1) is 0 Å². The van der Waals surface area contributed by atoms with Gasteiger partial charge in [0.15, 0.2) is 0 Å². The number of hydrogen-bond acceptors (Lipinski definition) is 3. The Labute approximate surface area is 147 Å². The third kappa shape index (κ3) is 4.58. The Morgan fingerprint density at radius 1 is 0.920 bits per heavy atom. The van der Waals surface area contributed by atoms with Gasteiger partial charge in [-0.2, -0.15) is 0 Å². The number of benzene rings is 2. The summed E-state index contributed by atoms with van der Waals surface area (Å²) in [5, 5.41) is 8.33. The number of carbonyl (C=O) groups is 2. The second kappa shape index (κ2) is 7.36. The van der Waals surface area contributed by atoms with E-state index in [9.17, 15) is 9.59 Å². The van der Waals surface area contributed by atoms with Crippen LogP contribution in [0, 0.1) is 0 Å². The van der Waals surface area contributed by atoms with Gasteiger partial charge in [0.2, 0.25) is 5.91 Å². The highest BCUT2D eigenvalue weighted by molar-refractivity contribution is 6.00. The zero-order valence-electron chi connectivity index (χ0n) is 14.4. The van der Waals surface area contributed by atoms with Crippen LogP contribution in [0.3, 0.4) is 0 Å². The molecule has 0 spiro atoms. The zero-order valence-corrected chi connectivity index (χ0v) is 14.4. The van der Waals surface area contributed by atoms with Crippen molar-refractivity contribution in [3.8, 4) is 0 Å². The van der Waals surface area contributed by atoms with Crippen molar-refractivity contribution in [1.82, 2.24) is 4.90 Å². The van der Waals surface area contributed by atoms with E-state index >= 15 is 0 Å². The molecular formula is C19H22N4O2. The van der Waals surface area contributed by atoms with Crippen LogP contribution >= 0.6 is 0 Å². The molecule has 3 amide bonds. The molecule has 6 nitrogen and oxygen atoms in total. The van der Waals surface area contributed by atoms with Gasteiger partial charge < -0.3 is 20.9 Å². The minimum absolute atomic E-state index is 0.152. The summed E-state index contributed by atoms with van der Waals surface area (Å²) >= 11 is 0. The molecule has 1 aliphatic rings. The van der Waals surface area contributed by atoms with Crippen molar-refractivity contribution in [2.45, 2.75) is 19.9 Å². The van der Waals surface area contributed by atoms with E-state index in [0.29, 0.717) is 11.4 Å². The molecule has 0 radical (unpaired) electrons. The van der Waals surface area contributed by atoms with E-state index in [4.69, 9.17) is 0 Å². The largest absolute Gasteiger partial charge is 0.326 e. The molecule has 1 aliphatic heterocycles. The SMILES string of the molecule is CC(=O)Nc1cccc(NC(=O)Nc2ccc3c(c2)CN(C)CC3)c1. The van der Waals surface area contributed by atoms with Crippen LogP contribution in [-0.2, 0) is 17.8 Å². The molecule has 0 saturated heterocycles. The molecular weight excluding hydrogens is 316 g/mol. The third-order valence-electron chi connectivity index (χ3n) is 4.11. The maximum atomic E-state index is 12.2. The van der Waals surface area contributed by atoms with Gasteiger partial charge in [-0.1, -0.05) is 12.1 Å². The van der Waals surface area contributed by atoms with Gasteiger partial charge in [-0.3, -0.25) is 4.79 Å². The van der Waals surface area contributed by atoms with Gasteiger partial charge in [0.25, 0.3) is 0 Å². The molecule has 6 heteroatoms. The third-order valence-corrected chi connectivity index (χ3v) is 4.11. The number of hydrogen-bond donors (Lipinski definition) is 3. The predicted molar refractivity (Wildman–Crippen MR) is 99.9 cm³/mol. The van der Waals surface area contributed by atoms with Crippen molar-refractivity contribution in [2.24, 2.45) is 0 Å². The Morgan fingerprint density at radius 2 is 1.60 bits per heavy atom. The summed E-state index contributed by atoms with van der Waals surface area (Å²) in [6, 6.07) is 12.7. The van der Waals surface area contributed by atoms with E-state index in [1.165, 1.54) is 18.1 Å². The van der Waals surface area contributed by atoms with Crippen molar-refractivity contribution >= 4 is 29.0 Å². The van der Waals surface area contributed by atoms with Crippen LogP contribution in [0.25, 0.3) is 0 Å². The lowest BCUT2D eigenvalue weighted by Gasteiger charge is -2.25. The molecule has 0 bridgehead atoms. The predicted octanol–water partition coefficient (Wildman–Crippen LogP) is 3.28. The number of likely N-dealkylation sites (N-methyl/N-ethyl adjacent to an activating group) is 1. The minimum Gasteiger partial charge on any atom is -0.326 e. The Bertz CT molecular complexity index is 804. The van der Waals surface area contributed by atoms with Gasteiger partial charge in [0, 0.05) is 37.1 Å². The number of carbonyl (C=O) groups excluding carboxylic acids is 2. The Balaban J connectivity index is 1.65. The molecule has 3 N–H and O–H groups in total. The van der Waals surface area contributed by atoms with E-state index in [2.05, 4.69) is 34.0 Å². The number of nitrogens with one attached hydrogen (secondary N) is 3. The smallest absolute Gasteiger partial charge is 0.323 e. The van der Waals surface area contributed by atoms with Crippen LogP contribution in [0.4, 0.5) is 21.9 Å². The van der Waals surface area contributed by atoms with Crippen molar-refractivity contribution in [3.63, 3.8) is 0 Å². The summed E-state index contributed by atoms with van der Waals surface area (Å²) in [4.78, 5) is 25.6. The van der Waals surface area contributed by atoms with Gasteiger partial charge in [-0.25, -0.2) is 4.79 Å². The fraction of sp³-hybridized carbons (Fsp3) is 0.263. The summed E-state index contributed by atoms with van der Waals surface area (Å²) in [7, 11) is 2.10. The lowest BCUT2D eigenvalue weighted by atomic mass is 9.99. The first-order valence-electron chi connectivity index (χ1n) is 8.25. The quantitative estimate of drug-likeness (QED) is 0.804. The van der Waals surface area contributed by atoms with E-state index in [0.717, 1.165) is 25.2 Å². The normalized spacial score (nSPS) is 13.7. The van der Waals surface area contributed by atoms with Gasteiger partial charge in [0.1, 0.15) is 0 Å². The molecule has 0 aliphatic carbocycles. The molecule has 2 aromatic carbocycles. The highest BCUT2D eigenvalue weighted by Gasteiger charge is 2.14. The van der Waals surface area contributed by atoms with Crippen LogP contribution in [0.5, 0.6) is 0 Å². The molecule has 3 rings (SSSR count). The number of rotatable bonds is 3. The maximum absolute atomic E-state index is 12.2. The number of amides is 3. The summed E-state index contributed by atoms with van der Waals surface area (Å²) in [6.07, 6.45) is 1.04. The zero-order chi connectivity index (χ0) is 17.8. The molecule has 2 aromatic rings. The minimum atomic E-state index is -0.316. The van der Waals surface area contributed by atoms with E-state index in [1.54, 1.807) is 24.3 Å². The van der Waals surface area contributed by atoms with Crippen LogP contribution in [0.1, 0.15) is 18.1 Å². The molecule has 0 atom stereocenters. The fourth-order valence-electron chi connectivity index (χ4n) is 2.95. The average Bonchev–Trinajstić information content (AvgIpc) is 2.54. The topological polar surface area (TPSA) is 73.5 Å². The first kappa shape index (κ1) is 17.0. The van der Waals surface area contributed by atoms with Crippen LogP contribution in [0.2, 0.25) is 0 Å². The second-order valence-electron chi connectivity index (χ2n) is 6.31. The fourth-order valence-corrected chi connectivity index (χ4v) is 2.95. The second-order valence-corrected chi connectivity index (χ2v) is 6.31. The monoisotopic (exact) mass is 338 g/mol. The standard InChI is InChI=1S/C19H22N4O2/c1-13(24)20-16-4-3-5-17(11-16)21-19(25)22-18-7-6-14-8-9-23(2)12-15(14)10-18/h3-7,10-11H,8-9,12H2,1-2H3,(H,20,24)(H2,21,22,25). The van der Waals surface area contributed by atoms with E-state index in [-0.39, 0.29) is 11.9 Å². The van der Waals surface area contributed by atoms with Crippen molar-refractivity contribution in [1.29, 1.82) is 0 Å². The summed E-state index contributed by atoms with van der Waals surface area (Å²) in [5.41, 5.74) is 4.61. The highest BCUT2D eigenvalue weighted by atomic mass is 16.2. The lowest BCUT2D eigenvalue weighted by Crippen LogP contribution is -2.26. The van der Waals surface area contributed by atoms with Gasteiger partial charge in [-0.15, -0.1) is 0 Å². The van der Waals surface area contributed by atoms with Crippen molar-refractivity contribution in [3.05, 3.63) is 53.6 Å². The van der Waals surface area contributed by atoms with Crippen LogP contribution in [0.15, 0.2) is 42.5 Å². The maximum Gasteiger partial charge on any atom is 0.323 e. The van der Waals surface area contributed by atoms with Crippen LogP contribution < -0.4 is 16.0 Å². The molecule has 25 heavy (non-hydrogen) atoms. The number of fused-ring (bicyclic) bond motifs is 1. The van der Waals surface area contributed by atoms with E-state index < -0.39 is 0 Å². The number of urea groups is 1. The average molecular weight is 338 g/mol. The Kier molecular flexibility index (Phi) is 5.00. The summed E-state index contributed by atoms with van der Waals surface area (Å²) < 4.78 is 0. The molecule has 0 unspecified atom stereocenters. The molecule has 0 fully saturated rings. The van der Waals surface area contributed by atoms with Crippen molar-refractivity contribution < 1.29 is 9.59 Å². The van der Waals surface area contributed by atoms with Crippen LogP contribution in [-0.4, -0.2) is 30.4 Å². The van der Waals surface area contributed by atoms with Crippen molar-refractivity contribution in [2.75, 3.05) is 29.5 Å². The number of nitrogens with zero attached hydrogens (tertiary/aromatic N) is 1. The highest BCUT2D eigenvalue weighted by Crippen LogP contribution is 2.22. The van der Waals surface area contributed by atoms with Gasteiger partial charge >= 0.3 is 6.03 Å². The summed E-state index contributed by atoms with van der Waals surface area (Å²) in [6.45, 7) is 3.40. The lowest BCUT2D eigenvalue weighted by molar-refractivity contribution is -0.114. The number of anilines is 3. The van der Waals surface area contributed by atoms with E-state index in [1.807, 2.05) is 12.1 Å². The first-order valence-corrected chi connectivity index (χ1v) is 8.25. The molecule has 0 saturated carbocycles. The summed E-state index contributed by atoms with van der Waals surface area (Å²) in [5.74, 6) is -0.152. The molecule has 0 aromatic heterocycles. The molecule has 130 valence electrons. The van der Waals surface area contributed by atoms with Gasteiger partial charge in [-0.05, 0) is 54.9 Å².